The number of hydrogen-bond acceptors (Lipinski definition) is 3. The van der Waals surface area contributed by atoms with E-state index in [-0.39, 0.29) is 5.92 Å². The Labute approximate surface area is 104 Å². The molecule has 17 heavy (non-hydrogen) atoms. The molecule has 0 amide bonds. The van der Waals surface area contributed by atoms with Crippen molar-refractivity contribution in [2.24, 2.45) is 11.8 Å². The van der Waals surface area contributed by atoms with E-state index < -0.39 is 5.60 Å². The third-order valence-electron chi connectivity index (χ3n) is 4.51. The van der Waals surface area contributed by atoms with Gasteiger partial charge < -0.3 is 9.47 Å². The molecule has 1 heterocycles. The van der Waals surface area contributed by atoms with Gasteiger partial charge in [0, 0.05) is 26.2 Å². The molecule has 1 aliphatic carbocycles. The van der Waals surface area contributed by atoms with Crippen LogP contribution in [0.5, 0.6) is 0 Å². The summed E-state index contributed by atoms with van der Waals surface area (Å²) in [6.07, 6.45) is 5.78. The lowest BCUT2D eigenvalue weighted by molar-refractivity contribution is -0.153. The number of rotatable bonds is 3. The fourth-order valence-corrected chi connectivity index (χ4v) is 3.11. The highest BCUT2D eigenvalue weighted by atomic mass is 16.5. The van der Waals surface area contributed by atoms with Gasteiger partial charge >= 0.3 is 0 Å². The van der Waals surface area contributed by atoms with E-state index in [0.29, 0.717) is 5.78 Å². The van der Waals surface area contributed by atoms with Crippen LogP contribution in [0.4, 0.5) is 0 Å². The minimum atomic E-state index is -0.478. The van der Waals surface area contributed by atoms with Crippen molar-refractivity contribution in [3.05, 3.63) is 0 Å². The second-order valence-electron chi connectivity index (χ2n) is 5.63. The SMILES string of the molecule is COC1(C(=O)C2CCOCC2)CCC(C)CC1. The maximum absolute atomic E-state index is 12.6. The highest BCUT2D eigenvalue weighted by Gasteiger charge is 2.44. The van der Waals surface area contributed by atoms with E-state index in [9.17, 15) is 4.79 Å². The summed E-state index contributed by atoms with van der Waals surface area (Å²) in [4.78, 5) is 12.6. The monoisotopic (exact) mass is 240 g/mol. The Kier molecular flexibility index (Phi) is 4.21. The molecule has 1 aliphatic heterocycles. The zero-order chi connectivity index (χ0) is 12.3. The molecule has 2 fully saturated rings. The van der Waals surface area contributed by atoms with Crippen molar-refractivity contribution in [1.29, 1.82) is 0 Å². The zero-order valence-electron chi connectivity index (χ0n) is 11.0. The Balaban J connectivity index is 2.03. The molecule has 2 rings (SSSR count). The second-order valence-corrected chi connectivity index (χ2v) is 5.63. The Hall–Kier alpha value is -0.410. The number of ketones is 1. The summed E-state index contributed by atoms with van der Waals surface area (Å²) in [5.41, 5.74) is -0.478. The average molecular weight is 240 g/mol. The summed E-state index contributed by atoms with van der Waals surface area (Å²) in [6.45, 7) is 3.72. The Morgan fingerprint density at radius 3 is 2.29 bits per heavy atom. The quantitative estimate of drug-likeness (QED) is 0.760. The van der Waals surface area contributed by atoms with Gasteiger partial charge in [-0.15, -0.1) is 0 Å². The highest BCUT2D eigenvalue weighted by Crippen LogP contribution is 2.38. The second kappa shape index (κ2) is 5.49. The number of hydrogen-bond donors (Lipinski definition) is 0. The van der Waals surface area contributed by atoms with Gasteiger partial charge in [-0.3, -0.25) is 4.79 Å². The van der Waals surface area contributed by atoms with Gasteiger partial charge in [0.05, 0.1) is 0 Å². The molecule has 0 bridgehead atoms. The van der Waals surface area contributed by atoms with E-state index in [0.717, 1.165) is 57.7 Å². The first-order valence-electron chi connectivity index (χ1n) is 6.85. The predicted molar refractivity (Wildman–Crippen MR) is 65.9 cm³/mol. The normalized spacial score (nSPS) is 35.8. The molecule has 0 N–H and O–H groups in total. The largest absolute Gasteiger partial charge is 0.381 e. The van der Waals surface area contributed by atoms with Crippen LogP contribution in [0.3, 0.4) is 0 Å². The number of Topliss-reactive ketones (excluding diaryl/α,β-unsaturated/α-hetero) is 1. The molecule has 2 aliphatic rings. The number of carbonyl (C=O) groups is 1. The van der Waals surface area contributed by atoms with Crippen LogP contribution in [0.25, 0.3) is 0 Å². The molecule has 0 unspecified atom stereocenters. The zero-order valence-corrected chi connectivity index (χ0v) is 11.0. The highest BCUT2D eigenvalue weighted by molar-refractivity contribution is 5.89. The van der Waals surface area contributed by atoms with E-state index in [1.165, 1.54) is 0 Å². The molecule has 0 radical (unpaired) electrons. The lowest BCUT2D eigenvalue weighted by atomic mass is 9.73. The number of methoxy groups -OCH3 is 1. The summed E-state index contributed by atoms with van der Waals surface area (Å²) < 4.78 is 11.0. The van der Waals surface area contributed by atoms with Crippen molar-refractivity contribution >= 4 is 5.78 Å². The molecule has 0 spiro atoms. The lowest BCUT2D eigenvalue weighted by Gasteiger charge is -2.39. The van der Waals surface area contributed by atoms with Crippen LogP contribution in [0.2, 0.25) is 0 Å². The first-order valence-corrected chi connectivity index (χ1v) is 6.85. The van der Waals surface area contributed by atoms with Gasteiger partial charge in [-0.25, -0.2) is 0 Å². The third-order valence-corrected chi connectivity index (χ3v) is 4.51. The lowest BCUT2D eigenvalue weighted by Crippen LogP contribution is -2.48. The first kappa shape index (κ1) is 13.0. The molecule has 0 aromatic rings. The molecule has 0 aromatic heterocycles. The van der Waals surface area contributed by atoms with Gasteiger partial charge in [0.15, 0.2) is 5.78 Å². The summed E-state index contributed by atoms with van der Waals surface area (Å²) in [7, 11) is 1.70. The van der Waals surface area contributed by atoms with E-state index >= 15 is 0 Å². The first-order chi connectivity index (χ1) is 8.18. The van der Waals surface area contributed by atoms with E-state index in [4.69, 9.17) is 9.47 Å². The van der Waals surface area contributed by atoms with Crippen LogP contribution in [-0.4, -0.2) is 31.7 Å². The Bertz CT molecular complexity index is 261. The Morgan fingerprint density at radius 2 is 1.76 bits per heavy atom. The van der Waals surface area contributed by atoms with Gasteiger partial charge in [0.25, 0.3) is 0 Å². The number of carbonyl (C=O) groups excluding carboxylic acids is 1. The minimum Gasteiger partial charge on any atom is -0.381 e. The van der Waals surface area contributed by atoms with Gasteiger partial charge in [0.1, 0.15) is 5.60 Å². The number of ether oxygens (including phenoxy) is 2. The van der Waals surface area contributed by atoms with E-state index in [1.54, 1.807) is 7.11 Å². The average Bonchev–Trinajstić information content (AvgIpc) is 2.40. The molecule has 0 atom stereocenters. The molecular weight excluding hydrogens is 216 g/mol. The summed E-state index contributed by atoms with van der Waals surface area (Å²) in [5, 5.41) is 0. The van der Waals surface area contributed by atoms with Crippen molar-refractivity contribution in [3.8, 4) is 0 Å². The Morgan fingerprint density at radius 1 is 1.18 bits per heavy atom. The molecule has 0 aromatic carbocycles. The smallest absolute Gasteiger partial charge is 0.167 e. The van der Waals surface area contributed by atoms with Crippen LogP contribution in [0.1, 0.15) is 45.4 Å². The fourth-order valence-electron chi connectivity index (χ4n) is 3.11. The van der Waals surface area contributed by atoms with Crippen molar-refractivity contribution in [1.82, 2.24) is 0 Å². The van der Waals surface area contributed by atoms with Gasteiger partial charge in [-0.2, -0.15) is 0 Å². The fraction of sp³-hybridized carbons (Fsp3) is 0.929. The molecule has 1 saturated carbocycles. The maximum atomic E-state index is 12.6. The summed E-state index contributed by atoms with van der Waals surface area (Å²) in [6, 6.07) is 0. The van der Waals surface area contributed by atoms with Crippen molar-refractivity contribution in [3.63, 3.8) is 0 Å². The molecule has 1 saturated heterocycles. The van der Waals surface area contributed by atoms with Crippen LogP contribution in [-0.2, 0) is 14.3 Å². The van der Waals surface area contributed by atoms with Crippen molar-refractivity contribution in [2.75, 3.05) is 20.3 Å². The van der Waals surface area contributed by atoms with E-state index in [1.807, 2.05) is 0 Å². The van der Waals surface area contributed by atoms with Crippen LogP contribution in [0.15, 0.2) is 0 Å². The topological polar surface area (TPSA) is 35.5 Å². The summed E-state index contributed by atoms with van der Waals surface area (Å²) in [5.74, 6) is 1.24. The molecular formula is C14H24O3. The van der Waals surface area contributed by atoms with Crippen molar-refractivity contribution < 1.29 is 14.3 Å². The summed E-state index contributed by atoms with van der Waals surface area (Å²) >= 11 is 0. The predicted octanol–water partition coefficient (Wildman–Crippen LogP) is 2.58. The molecule has 98 valence electrons. The van der Waals surface area contributed by atoms with E-state index in [2.05, 4.69) is 6.92 Å². The van der Waals surface area contributed by atoms with Crippen LogP contribution in [0, 0.1) is 11.8 Å². The minimum absolute atomic E-state index is 0.164. The van der Waals surface area contributed by atoms with Crippen LogP contribution < -0.4 is 0 Å². The molecule has 3 nitrogen and oxygen atoms in total. The molecule has 3 heteroatoms. The van der Waals surface area contributed by atoms with Gasteiger partial charge in [-0.05, 0) is 44.4 Å². The van der Waals surface area contributed by atoms with Crippen molar-refractivity contribution in [2.45, 2.75) is 51.0 Å². The standard InChI is InChI=1S/C14H24O3/c1-11-3-7-14(16-2,8-4-11)13(15)12-5-9-17-10-6-12/h11-12H,3-10H2,1-2H3. The van der Waals surface area contributed by atoms with Crippen LogP contribution >= 0.6 is 0 Å². The maximum Gasteiger partial charge on any atom is 0.167 e. The van der Waals surface area contributed by atoms with Gasteiger partial charge in [0.2, 0.25) is 0 Å². The van der Waals surface area contributed by atoms with Gasteiger partial charge in [-0.1, -0.05) is 6.92 Å². The third kappa shape index (κ3) is 2.71.